The van der Waals surface area contributed by atoms with Crippen molar-refractivity contribution < 1.29 is 4.79 Å². The van der Waals surface area contributed by atoms with E-state index >= 15 is 0 Å². The first-order valence-corrected chi connectivity index (χ1v) is 6.31. The maximum atomic E-state index is 12.2. The largest absolute Gasteiger partial charge is 0.336 e. The average molecular weight is 304 g/mol. The summed E-state index contributed by atoms with van der Waals surface area (Å²) in [5.74, 6) is 0.0378. The zero-order chi connectivity index (χ0) is 11.5. The number of halogens is 2. The lowest BCUT2D eigenvalue weighted by Gasteiger charge is -2.27. The van der Waals surface area contributed by atoms with Crippen LogP contribution >= 0.6 is 27.5 Å². The van der Waals surface area contributed by atoms with Crippen LogP contribution < -0.4 is 5.32 Å². The smallest absolute Gasteiger partial charge is 0.255 e. The van der Waals surface area contributed by atoms with Crippen LogP contribution in [-0.4, -0.2) is 37.0 Å². The van der Waals surface area contributed by atoms with Crippen molar-refractivity contribution in [2.45, 2.75) is 0 Å². The number of piperazine rings is 1. The third-order valence-corrected chi connectivity index (χ3v) is 3.98. The molecule has 2 rings (SSSR count). The Labute approximate surface area is 108 Å². The Balaban J connectivity index is 2.22. The highest BCUT2D eigenvalue weighted by atomic mass is 79.9. The van der Waals surface area contributed by atoms with Crippen LogP contribution in [-0.2, 0) is 0 Å². The van der Waals surface area contributed by atoms with E-state index in [4.69, 9.17) is 11.6 Å². The third kappa shape index (κ3) is 2.39. The number of carbonyl (C=O) groups is 1. The van der Waals surface area contributed by atoms with Gasteiger partial charge in [-0.3, -0.25) is 4.79 Å². The second kappa shape index (κ2) is 5.17. The average Bonchev–Trinajstić information content (AvgIpc) is 2.33. The quantitative estimate of drug-likeness (QED) is 0.862. The van der Waals surface area contributed by atoms with E-state index in [1.54, 1.807) is 18.2 Å². The van der Waals surface area contributed by atoms with Crippen molar-refractivity contribution >= 4 is 33.4 Å². The van der Waals surface area contributed by atoms with Crippen molar-refractivity contribution in [1.29, 1.82) is 0 Å². The second-order valence-electron chi connectivity index (χ2n) is 3.64. The Kier molecular flexibility index (Phi) is 3.84. The second-order valence-corrected chi connectivity index (χ2v) is 4.84. The highest BCUT2D eigenvalue weighted by molar-refractivity contribution is 9.10. The summed E-state index contributed by atoms with van der Waals surface area (Å²) >= 11 is 9.32. The molecule has 1 aromatic rings. The lowest BCUT2D eigenvalue weighted by atomic mass is 10.2. The molecule has 0 aromatic heterocycles. The minimum Gasteiger partial charge on any atom is -0.336 e. The molecule has 16 heavy (non-hydrogen) atoms. The van der Waals surface area contributed by atoms with E-state index in [2.05, 4.69) is 21.2 Å². The topological polar surface area (TPSA) is 32.3 Å². The first-order valence-electron chi connectivity index (χ1n) is 5.14. The molecular formula is C11H12BrClN2O. The number of hydrogen-bond donors (Lipinski definition) is 1. The summed E-state index contributed by atoms with van der Waals surface area (Å²) in [6.07, 6.45) is 0. The van der Waals surface area contributed by atoms with E-state index in [0.717, 1.165) is 26.2 Å². The predicted molar refractivity (Wildman–Crippen MR) is 67.9 cm³/mol. The fourth-order valence-corrected chi connectivity index (χ4v) is 2.32. The molecular weight excluding hydrogens is 291 g/mol. The Morgan fingerprint density at radius 2 is 2.06 bits per heavy atom. The Morgan fingerprint density at radius 3 is 2.75 bits per heavy atom. The van der Waals surface area contributed by atoms with Crippen LogP contribution in [0.2, 0.25) is 5.02 Å². The molecule has 1 fully saturated rings. The molecule has 0 aliphatic carbocycles. The van der Waals surface area contributed by atoms with Gasteiger partial charge in [0.1, 0.15) is 0 Å². The van der Waals surface area contributed by atoms with E-state index in [1.165, 1.54) is 0 Å². The molecule has 0 saturated carbocycles. The Bertz CT molecular complexity index is 405. The van der Waals surface area contributed by atoms with Gasteiger partial charge in [-0.2, -0.15) is 0 Å². The van der Waals surface area contributed by atoms with Gasteiger partial charge in [0.05, 0.1) is 10.6 Å². The van der Waals surface area contributed by atoms with Gasteiger partial charge in [0.15, 0.2) is 0 Å². The number of hydrogen-bond acceptors (Lipinski definition) is 2. The number of amides is 1. The van der Waals surface area contributed by atoms with Crippen molar-refractivity contribution in [2.75, 3.05) is 26.2 Å². The lowest BCUT2D eigenvalue weighted by Crippen LogP contribution is -2.46. The lowest BCUT2D eigenvalue weighted by molar-refractivity contribution is 0.0735. The van der Waals surface area contributed by atoms with Crippen LogP contribution in [0.3, 0.4) is 0 Å². The van der Waals surface area contributed by atoms with E-state index in [0.29, 0.717) is 15.1 Å². The molecule has 1 saturated heterocycles. The molecule has 1 N–H and O–H groups in total. The first-order chi connectivity index (χ1) is 7.70. The van der Waals surface area contributed by atoms with Gasteiger partial charge < -0.3 is 10.2 Å². The molecule has 1 amide bonds. The number of nitrogens with one attached hydrogen (secondary N) is 1. The van der Waals surface area contributed by atoms with Crippen LogP contribution in [0.15, 0.2) is 22.7 Å². The molecule has 86 valence electrons. The maximum absolute atomic E-state index is 12.2. The van der Waals surface area contributed by atoms with E-state index in [-0.39, 0.29) is 5.91 Å². The third-order valence-electron chi connectivity index (χ3n) is 2.59. The highest BCUT2D eigenvalue weighted by Crippen LogP contribution is 2.27. The summed E-state index contributed by atoms with van der Waals surface area (Å²) in [4.78, 5) is 14.0. The van der Waals surface area contributed by atoms with Crippen molar-refractivity contribution in [3.8, 4) is 0 Å². The van der Waals surface area contributed by atoms with Gasteiger partial charge in [-0.05, 0) is 28.1 Å². The fourth-order valence-electron chi connectivity index (χ4n) is 1.71. The van der Waals surface area contributed by atoms with Gasteiger partial charge in [0, 0.05) is 30.7 Å². The van der Waals surface area contributed by atoms with Crippen molar-refractivity contribution in [3.63, 3.8) is 0 Å². The van der Waals surface area contributed by atoms with E-state index in [1.807, 2.05) is 4.90 Å². The number of benzene rings is 1. The minimum absolute atomic E-state index is 0.0378. The van der Waals surface area contributed by atoms with Crippen LogP contribution in [0, 0.1) is 0 Å². The molecule has 1 aliphatic rings. The van der Waals surface area contributed by atoms with Crippen molar-refractivity contribution in [2.24, 2.45) is 0 Å². The van der Waals surface area contributed by atoms with Gasteiger partial charge >= 0.3 is 0 Å². The van der Waals surface area contributed by atoms with Crippen LogP contribution in [0.5, 0.6) is 0 Å². The molecule has 1 heterocycles. The fraction of sp³-hybridized carbons (Fsp3) is 0.364. The standard InChI is InChI=1S/C11H12BrClN2O/c12-10-8(2-1-3-9(10)13)11(16)15-6-4-14-5-7-15/h1-3,14H,4-7H2. The van der Waals surface area contributed by atoms with Crippen molar-refractivity contribution in [3.05, 3.63) is 33.3 Å². The minimum atomic E-state index is 0.0378. The zero-order valence-corrected chi connectivity index (χ0v) is 11.0. The van der Waals surface area contributed by atoms with E-state index < -0.39 is 0 Å². The molecule has 1 aliphatic heterocycles. The SMILES string of the molecule is O=C(c1cccc(Cl)c1Br)N1CCNCC1. The number of carbonyl (C=O) groups excluding carboxylic acids is 1. The summed E-state index contributed by atoms with van der Waals surface area (Å²) in [5.41, 5.74) is 0.634. The molecule has 0 atom stereocenters. The first kappa shape index (κ1) is 11.9. The van der Waals surface area contributed by atoms with Crippen molar-refractivity contribution in [1.82, 2.24) is 10.2 Å². The summed E-state index contributed by atoms with van der Waals surface area (Å²) < 4.78 is 0.681. The molecule has 0 bridgehead atoms. The van der Waals surface area contributed by atoms with Gasteiger partial charge in [0.2, 0.25) is 0 Å². The molecule has 0 unspecified atom stereocenters. The maximum Gasteiger partial charge on any atom is 0.255 e. The summed E-state index contributed by atoms with van der Waals surface area (Å²) in [5, 5.41) is 3.79. The molecule has 0 radical (unpaired) electrons. The number of nitrogens with zero attached hydrogens (tertiary/aromatic N) is 1. The summed E-state index contributed by atoms with van der Waals surface area (Å²) in [6, 6.07) is 5.35. The normalized spacial score (nSPS) is 16.2. The van der Waals surface area contributed by atoms with Crippen LogP contribution in [0.4, 0.5) is 0 Å². The summed E-state index contributed by atoms with van der Waals surface area (Å²) in [6.45, 7) is 3.20. The highest BCUT2D eigenvalue weighted by Gasteiger charge is 2.20. The number of rotatable bonds is 1. The zero-order valence-electron chi connectivity index (χ0n) is 8.67. The monoisotopic (exact) mass is 302 g/mol. The Morgan fingerprint density at radius 1 is 1.38 bits per heavy atom. The van der Waals surface area contributed by atoms with Crippen LogP contribution in [0.1, 0.15) is 10.4 Å². The van der Waals surface area contributed by atoms with Gasteiger partial charge in [0.25, 0.3) is 5.91 Å². The molecule has 5 heteroatoms. The van der Waals surface area contributed by atoms with Crippen LogP contribution in [0.25, 0.3) is 0 Å². The molecule has 1 aromatic carbocycles. The molecule has 0 spiro atoms. The van der Waals surface area contributed by atoms with Gasteiger partial charge in [-0.15, -0.1) is 0 Å². The van der Waals surface area contributed by atoms with E-state index in [9.17, 15) is 4.79 Å². The van der Waals surface area contributed by atoms with Gasteiger partial charge in [-0.25, -0.2) is 0 Å². The predicted octanol–water partition coefficient (Wildman–Crippen LogP) is 2.15. The Hall–Kier alpha value is -0.580. The molecule has 3 nitrogen and oxygen atoms in total. The summed E-state index contributed by atoms with van der Waals surface area (Å²) in [7, 11) is 0. The van der Waals surface area contributed by atoms with Gasteiger partial charge in [-0.1, -0.05) is 17.7 Å².